The molecule has 5 rings (SSSR count). The summed E-state index contributed by atoms with van der Waals surface area (Å²) < 4.78 is 8.59. The average Bonchev–Trinajstić information content (AvgIpc) is 3.22. The van der Waals surface area contributed by atoms with Gasteiger partial charge in [0.15, 0.2) is 0 Å². The molecule has 1 aromatic carbocycles. The number of carbonyl (C=O) groups is 1. The standard InChI is InChI=1S/C23H30N4O2/c1-15-3-6-21-22(27(15)16(2)28)8-7-20(18-12-25-26(13-18)19-4-5-19)23(21)29-14-17-9-10-24-11-17/h7-8,12-13,15,17,19,24H,3-6,9-11,14H2,1-2H3/t15-,17?/m0/s1. The van der Waals surface area contributed by atoms with Gasteiger partial charge in [0.25, 0.3) is 0 Å². The Balaban J connectivity index is 1.55. The summed E-state index contributed by atoms with van der Waals surface area (Å²) >= 11 is 0. The summed E-state index contributed by atoms with van der Waals surface area (Å²) in [5.74, 6) is 1.58. The fourth-order valence-corrected chi connectivity index (χ4v) is 4.75. The third kappa shape index (κ3) is 3.54. The molecule has 3 heterocycles. The second-order valence-corrected chi connectivity index (χ2v) is 8.83. The Hall–Kier alpha value is -2.34. The fraction of sp³-hybridized carbons (Fsp3) is 0.565. The lowest BCUT2D eigenvalue weighted by Crippen LogP contribution is -2.40. The number of rotatable bonds is 5. The Kier molecular flexibility index (Phi) is 4.82. The van der Waals surface area contributed by atoms with E-state index in [1.807, 2.05) is 11.1 Å². The molecule has 1 saturated carbocycles. The number of hydrogen-bond acceptors (Lipinski definition) is 4. The topological polar surface area (TPSA) is 59.4 Å². The molecule has 29 heavy (non-hydrogen) atoms. The van der Waals surface area contributed by atoms with Crippen LogP contribution in [0.2, 0.25) is 0 Å². The molecule has 2 aliphatic heterocycles. The van der Waals surface area contributed by atoms with Gasteiger partial charge >= 0.3 is 0 Å². The number of benzene rings is 1. The lowest BCUT2D eigenvalue weighted by atomic mass is 9.92. The summed E-state index contributed by atoms with van der Waals surface area (Å²) in [5, 5.41) is 8.01. The number of aromatic nitrogens is 2. The van der Waals surface area contributed by atoms with E-state index in [0.717, 1.165) is 54.9 Å². The van der Waals surface area contributed by atoms with E-state index in [4.69, 9.17) is 4.74 Å². The molecule has 0 spiro atoms. The molecule has 1 aliphatic carbocycles. The molecule has 0 radical (unpaired) electrons. The van der Waals surface area contributed by atoms with E-state index >= 15 is 0 Å². The molecule has 1 amide bonds. The van der Waals surface area contributed by atoms with E-state index in [2.05, 4.69) is 40.4 Å². The zero-order valence-electron chi connectivity index (χ0n) is 17.4. The monoisotopic (exact) mass is 394 g/mol. The van der Waals surface area contributed by atoms with Gasteiger partial charge in [-0.3, -0.25) is 9.48 Å². The van der Waals surface area contributed by atoms with Crippen LogP contribution in [0.4, 0.5) is 5.69 Å². The van der Waals surface area contributed by atoms with Crippen LogP contribution in [0.3, 0.4) is 0 Å². The first kappa shape index (κ1) is 18.7. The van der Waals surface area contributed by atoms with Gasteiger partial charge in [0.1, 0.15) is 5.75 Å². The van der Waals surface area contributed by atoms with Gasteiger partial charge in [0.2, 0.25) is 5.91 Å². The van der Waals surface area contributed by atoms with E-state index in [9.17, 15) is 4.79 Å². The summed E-state index contributed by atoms with van der Waals surface area (Å²) in [7, 11) is 0. The van der Waals surface area contributed by atoms with Gasteiger partial charge in [0.05, 0.1) is 24.5 Å². The van der Waals surface area contributed by atoms with Crippen LogP contribution in [0.25, 0.3) is 11.1 Å². The highest BCUT2D eigenvalue weighted by Crippen LogP contribution is 2.44. The Morgan fingerprint density at radius 3 is 2.86 bits per heavy atom. The van der Waals surface area contributed by atoms with E-state index in [1.165, 1.54) is 18.4 Å². The van der Waals surface area contributed by atoms with E-state index in [0.29, 0.717) is 18.6 Å². The molecule has 6 heteroatoms. The van der Waals surface area contributed by atoms with Crippen molar-refractivity contribution in [3.63, 3.8) is 0 Å². The van der Waals surface area contributed by atoms with E-state index < -0.39 is 0 Å². The number of anilines is 1. The molecule has 154 valence electrons. The Bertz CT molecular complexity index is 912. The predicted octanol–water partition coefficient (Wildman–Crippen LogP) is 3.56. The van der Waals surface area contributed by atoms with Crippen LogP contribution in [-0.4, -0.2) is 41.4 Å². The number of carbonyl (C=O) groups excluding carboxylic acids is 1. The average molecular weight is 395 g/mol. The minimum atomic E-state index is 0.0960. The minimum Gasteiger partial charge on any atom is -0.492 e. The van der Waals surface area contributed by atoms with Crippen molar-refractivity contribution in [3.05, 3.63) is 30.1 Å². The maximum Gasteiger partial charge on any atom is 0.224 e. The van der Waals surface area contributed by atoms with Gasteiger partial charge < -0.3 is 15.0 Å². The summed E-state index contributed by atoms with van der Waals surface area (Å²) in [6, 6.07) is 4.99. The van der Waals surface area contributed by atoms with Crippen molar-refractivity contribution < 1.29 is 9.53 Å². The van der Waals surface area contributed by atoms with Crippen LogP contribution in [0, 0.1) is 5.92 Å². The highest BCUT2D eigenvalue weighted by Gasteiger charge is 2.31. The van der Waals surface area contributed by atoms with Crippen molar-refractivity contribution >= 4 is 11.6 Å². The molecule has 6 nitrogen and oxygen atoms in total. The first-order chi connectivity index (χ1) is 14.1. The summed E-state index contributed by atoms with van der Waals surface area (Å²) in [4.78, 5) is 14.3. The number of amides is 1. The number of fused-ring (bicyclic) bond motifs is 1. The highest BCUT2D eigenvalue weighted by atomic mass is 16.5. The Morgan fingerprint density at radius 2 is 2.14 bits per heavy atom. The Labute approximate surface area is 172 Å². The van der Waals surface area contributed by atoms with Crippen LogP contribution in [0.15, 0.2) is 24.5 Å². The second-order valence-electron chi connectivity index (χ2n) is 8.83. The lowest BCUT2D eigenvalue weighted by Gasteiger charge is -2.36. The molecular formula is C23H30N4O2. The molecule has 1 unspecified atom stereocenters. The largest absolute Gasteiger partial charge is 0.492 e. The molecule has 2 atom stereocenters. The summed E-state index contributed by atoms with van der Waals surface area (Å²) in [6.45, 7) is 6.58. The smallest absolute Gasteiger partial charge is 0.224 e. The molecule has 1 aromatic heterocycles. The lowest BCUT2D eigenvalue weighted by molar-refractivity contribution is -0.117. The normalized spacial score (nSPS) is 23.9. The molecular weight excluding hydrogens is 364 g/mol. The van der Waals surface area contributed by atoms with Gasteiger partial charge in [-0.15, -0.1) is 0 Å². The third-order valence-corrected chi connectivity index (χ3v) is 6.55. The fourth-order valence-electron chi connectivity index (χ4n) is 4.75. The van der Waals surface area contributed by atoms with Crippen molar-refractivity contribution in [2.75, 3.05) is 24.6 Å². The molecule has 1 N–H and O–H groups in total. The maximum absolute atomic E-state index is 12.4. The van der Waals surface area contributed by atoms with Crippen molar-refractivity contribution in [1.29, 1.82) is 0 Å². The molecule has 2 aromatic rings. The van der Waals surface area contributed by atoms with Crippen LogP contribution in [-0.2, 0) is 11.2 Å². The molecule has 2 fully saturated rings. The van der Waals surface area contributed by atoms with Crippen LogP contribution in [0.1, 0.15) is 51.1 Å². The first-order valence-corrected chi connectivity index (χ1v) is 11.0. The van der Waals surface area contributed by atoms with Gasteiger partial charge in [0, 0.05) is 48.3 Å². The molecule has 3 aliphatic rings. The number of nitrogens with zero attached hydrogens (tertiary/aromatic N) is 3. The van der Waals surface area contributed by atoms with Gasteiger partial charge in [-0.1, -0.05) is 0 Å². The van der Waals surface area contributed by atoms with E-state index in [-0.39, 0.29) is 11.9 Å². The summed E-state index contributed by atoms with van der Waals surface area (Å²) in [5.41, 5.74) is 4.38. The third-order valence-electron chi connectivity index (χ3n) is 6.55. The van der Waals surface area contributed by atoms with Crippen LogP contribution >= 0.6 is 0 Å². The van der Waals surface area contributed by atoms with Crippen LogP contribution in [0.5, 0.6) is 5.75 Å². The van der Waals surface area contributed by atoms with Gasteiger partial charge in [-0.05, 0) is 57.7 Å². The number of ether oxygens (including phenoxy) is 1. The zero-order chi connectivity index (χ0) is 20.0. The zero-order valence-corrected chi connectivity index (χ0v) is 17.4. The van der Waals surface area contributed by atoms with Gasteiger partial charge in [-0.2, -0.15) is 5.10 Å². The van der Waals surface area contributed by atoms with E-state index in [1.54, 1.807) is 6.92 Å². The predicted molar refractivity (Wildman–Crippen MR) is 113 cm³/mol. The first-order valence-electron chi connectivity index (χ1n) is 11.0. The Morgan fingerprint density at radius 1 is 1.28 bits per heavy atom. The molecule has 0 bridgehead atoms. The van der Waals surface area contributed by atoms with Crippen molar-refractivity contribution in [3.8, 4) is 16.9 Å². The quantitative estimate of drug-likeness (QED) is 0.842. The van der Waals surface area contributed by atoms with Crippen molar-refractivity contribution in [1.82, 2.24) is 15.1 Å². The SMILES string of the molecule is CC(=O)N1c2ccc(-c3cnn(C4CC4)c3)c(OCC3CCNC3)c2CC[C@@H]1C. The number of nitrogens with one attached hydrogen (secondary N) is 1. The van der Waals surface area contributed by atoms with Crippen LogP contribution < -0.4 is 15.0 Å². The van der Waals surface area contributed by atoms with Gasteiger partial charge in [-0.25, -0.2) is 0 Å². The molecule has 1 saturated heterocycles. The van der Waals surface area contributed by atoms with Crippen molar-refractivity contribution in [2.45, 2.75) is 58.0 Å². The van der Waals surface area contributed by atoms with Crippen molar-refractivity contribution in [2.24, 2.45) is 5.92 Å². The second kappa shape index (κ2) is 7.48. The summed E-state index contributed by atoms with van der Waals surface area (Å²) in [6.07, 6.45) is 9.59. The number of hydrogen-bond donors (Lipinski definition) is 1. The minimum absolute atomic E-state index is 0.0960. The highest BCUT2D eigenvalue weighted by molar-refractivity contribution is 5.95. The maximum atomic E-state index is 12.4.